The average molecular weight is 314 g/mol. The molecule has 0 aliphatic heterocycles. The molecular weight excluding hydrogens is 288 g/mol. The van der Waals surface area contributed by atoms with E-state index >= 15 is 0 Å². The summed E-state index contributed by atoms with van der Waals surface area (Å²) in [6, 6.07) is 0. The summed E-state index contributed by atoms with van der Waals surface area (Å²) in [4.78, 5) is 0. The summed E-state index contributed by atoms with van der Waals surface area (Å²) in [6.07, 6.45) is -3.42. The summed E-state index contributed by atoms with van der Waals surface area (Å²) in [5.41, 5.74) is 0. The molecule has 128 valence electrons. The van der Waals surface area contributed by atoms with Crippen molar-refractivity contribution in [2.45, 2.75) is 24.4 Å². The lowest BCUT2D eigenvalue weighted by Gasteiger charge is -2.22. The van der Waals surface area contributed by atoms with Crippen LogP contribution in [0.1, 0.15) is 0 Å². The Kier molecular flexibility index (Phi) is 13.1. The van der Waals surface area contributed by atoms with Crippen molar-refractivity contribution in [2.24, 2.45) is 0 Å². The Hall–Kier alpha value is -0.360. The van der Waals surface area contributed by atoms with Gasteiger partial charge in [0.15, 0.2) is 0 Å². The SMILES string of the molecule is OCC(O)COCC(COC(CO)CO)OCC(O)CO. The number of aliphatic hydroxyl groups is 6. The van der Waals surface area contributed by atoms with Crippen molar-refractivity contribution in [2.75, 3.05) is 52.9 Å². The highest BCUT2D eigenvalue weighted by Crippen LogP contribution is 2.01. The van der Waals surface area contributed by atoms with E-state index in [2.05, 4.69) is 0 Å². The van der Waals surface area contributed by atoms with Crippen LogP contribution >= 0.6 is 0 Å². The summed E-state index contributed by atoms with van der Waals surface area (Å²) >= 11 is 0. The molecule has 9 heteroatoms. The van der Waals surface area contributed by atoms with Crippen molar-refractivity contribution in [1.29, 1.82) is 0 Å². The molecule has 0 aliphatic rings. The minimum atomic E-state index is -1.04. The van der Waals surface area contributed by atoms with E-state index < -0.39 is 37.6 Å². The highest BCUT2D eigenvalue weighted by molar-refractivity contribution is 4.62. The summed E-state index contributed by atoms with van der Waals surface area (Å²) in [5.74, 6) is 0. The molecule has 0 bridgehead atoms. The fourth-order valence-corrected chi connectivity index (χ4v) is 1.24. The van der Waals surface area contributed by atoms with Crippen LogP contribution < -0.4 is 0 Å². The molecular formula is C12H26O9. The van der Waals surface area contributed by atoms with Crippen LogP contribution in [0.25, 0.3) is 0 Å². The number of aliphatic hydroxyl groups excluding tert-OH is 6. The van der Waals surface area contributed by atoms with Crippen molar-refractivity contribution in [3.8, 4) is 0 Å². The third-order valence-electron chi connectivity index (χ3n) is 2.48. The molecule has 3 atom stereocenters. The first kappa shape index (κ1) is 20.6. The smallest absolute Gasteiger partial charge is 0.104 e. The van der Waals surface area contributed by atoms with Crippen LogP contribution in [0, 0.1) is 0 Å². The number of hydrogen-bond donors (Lipinski definition) is 6. The first-order chi connectivity index (χ1) is 10.1. The Labute approximate surface area is 123 Å². The predicted octanol–water partition coefficient (Wildman–Crippen LogP) is -3.54. The van der Waals surface area contributed by atoms with Crippen LogP contribution in [0.15, 0.2) is 0 Å². The van der Waals surface area contributed by atoms with E-state index in [4.69, 9.17) is 39.7 Å². The van der Waals surface area contributed by atoms with Crippen LogP contribution in [-0.2, 0) is 14.2 Å². The molecule has 21 heavy (non-hydrogen) atoms. The highest BCUT2D eigenvalue weighted by atomic mass is 16.6. The lowest BCUT2D eigenvalue weighted by atomic mass is 10.3. The normalized spacial score (nSPS) is 16.1. The molecule has 3 unspecified atom stereocenters. The van der Waals surface area contributed by atoms with E-state index in [-0.39, 0.29) is 39.6 Å². The number of ether oxygens (including phenoxy) is 3. The van der Waals surface area contributed by atoms with Crippen LogP contribution in [0.3, 0.4) is 0 Å². The van der Waals surface area contributed by atoms with E-state index in [1.807, 2.05) is 0 Å². The Morgan fingerprint density at radius 2 is 1.10 bits per heavy atom. The summed E-state index contributed by atoms with van der Waals surface area (Å²) < 4.78 is 15.6. The molecule has 0 aromatic carbocycles. The largest absolute Gasteiger partial charge is 0.394 e. The molecule has 0 fully saturated rings. The second-order valence-electron chi connectivity index (χ2n) is 4.49. The second-order valence-corrected chi connectivity index (χ2v) is 4.49. The molecule has 0 heterocycles. The fraction of sp³-hybridized carbons (Fsp3) is 1.00. The lowest BCUT2D eigenvalue weighted by Crippen LogP contribution is -2.35. The van der Waals surface area contributed by atoms with E-state index in [0.29, 0.717) is 0 Å². The maximum Gasteiger partial charge on any atom is 0.104 e. The lowest BCUT2D eigenvalue weighted by molar-refractivity contribution is -0.117. The van der Waals surface area contributed by atoms with Gasteiger partial charge in [-0.3, -0.25) is 0 Å². The van der Waals surface area contributed by atoms with Crippen molar-refractivity contribution >= 4 is 0 Å². The molecule has 0 spiro atoms. The zero-order valence-electron chi connectivity index (χ0n) is 11.9. The maximum absolute atomic E-state index is 9.22. The van der Waals surface area contributed by atoms with Gasteiger partial charge in [-0.1, -0.05) is 0 Å². The van der Waals surface area contributed by atoms with Crippen molar-refractivity contribution < 1.29 is 44.8 Å². The van der Waals surface area contributed by atoms with Crippen LogP contribution in [0.2, 0.25) is 0 Å². The van der Waals surface area contributed by atoms with Gasteiger partial charge in [-0.25, -0.2) is 0 Å². The van der Waals surface area contributed by atoms with Gasteiger partial charge in [-0.15, -0.1) is 0 Å². The van der Waals surface area contributed by atoms with Crippen LogP contribution in [-0.4, -0.2) is 108 Å². The van der Waals surface area contributed by atoms with E-state index in [1.165, 1.54) is 0 Å². The molecule has 0 aromatic heterocycles. The molecule has 0 aromatic rings. The molecule has 0 rings (SSSR count). The zero-order valence-corrected chi connectivity index (χ0v) is 11.9. The molecule has 0 saturated carbocycles. The van der Waals surface area contributed by atoms with Crippen molar-refractivity contribution in [1.82, 2.24) is 0 Å². The van der Waals surface area contributed by atoms with Crippen LogP contribution in [0.5, 0.6) is 0 Å². The highest BCUT2D eigenvalue weighted by Gasteiger charge is 2.16. The number of rotatable bonds is 14. The van der Waals surface area contributed by atoms with Gasteiger partial charge in [0, 0.05) is 0 Å². The summed E-state index contributed by atoms with van der Waals surface area (Å²) in [7, 11) is 0. The number of hydrogen-bond acceptors (Lipinski definition) is 9. The first-order valence-electron chi connectivity index (χ1n) is 6.67. The van der Waals surface area contributed by atoms with Gasteiger partial charge in [-0.2, -0.15) is 0 Å². The van der Waals surface area contributed by atoms with Crippen molar-refractivity contribution in [3.63, 3.8) is 0 Å². The fourth-order valence-electron chi connectivity index (χ4n) is 1.24. The van der Waals surface area contributed by atoms with Crippen molar-refractivity contribution in [3.05, 3.63) is 0 Å². The first-order valence-corrected chi connectivity index (χ1v) is 6.67. The third kappa shape index (κ3) is 10.9. The summed E-state index contributed by atoms with van der Waals surface area (Å²) in [5, 5.41) is 53.5. The van der Waals surface area contributed by atoms with Gasteiger partial charge < -0.3 is 44.8 Å². The van der Waals surface area contributed by atoms with Gasteiger partial charge in [0.05, 0.1) is 52.9 Å². The minimum Gasteiger partial charge on any atom is -0.394 e. The Morgan fingerprint density at radius 1 is 0.571 bits per heavy atom. The molecule has 0 amide bonds. The Bertz CT molecular complexity index is 225. The minimum absolute atomic E-state index is 0.0127. The van der Waals surface area contributed by atoms with Crippen LogP contribution in [0.4, 0.5) is 0 Å². The van der Waals surface area contributed by atoms with Gasteiger partial charge in [0.2, 0.25) is 0 Å². The Morgan fingerprint density at radius 3 is 1.62 bits per heavy atom. The maximum atomic E-state index is 9.22. The molecule has 0 saturated heterocycles. The van der Waals surface area contributed by atoms with Gasteiger partial charge in [-0.05, 0) is 0 Å². The standard InChI is InChI=1S/C12H26O9/c13-1-9(17)5-19-7-12(20-6-10(18)2-14)8-21-11(3-15)4-16/h9-18H,1-8H2. The van der Waals surface area contributed by atoms with E-state index in [1.54, 1.807) is 0 Å². The topological polar surface area (TPSA) is 149 Å². The van der Waals surface area contributed by atoms with E-state index in [9.17, 15) is 5.11 Å². The molecule has 6 N–H and O–H groups in total. The predicted molar refractivity (Wildman–Crippen MR) is 70.7 cm³/mol. The quantitative estimate of drug-likeness (QED) is 0.192. The van der Waals surface area contributed by atoms with Gasteiger partial charge in [0.25, 0.3) is 0 Å². The third-order valence-corrected chi connectivity index (χ3v) is 2.48. The molecule has 0 radical (unpaired) electrons. The molecule has 9 nitrogen and oxygen atoms in total. The Balaban J connectivity index is 4.13. The second kappa shape index (κ2) is 13.3. The zero-order chi connectivity index (χ0) is 16.1. The monoisotopic (exact) mass is 314 g/mol. The van der Waals surface area contributed by atoms with Gasteiger partial charge >= 0.3 is 0 Å². The average Bonchev–Trinajstić information content (AvgIpc) is 2.51. The van der Waals surface area contributed by atoms with E-state index in [0.717, 1.165) is 0 Å². The molecule has 0 aliphatic carbocycles. The van der Waals surface area contributed by atoms with Gasteiger partial charge in [0.1, 0.15) is 24.4 Å². The summed E-state index contributed by atoms with van der Waals surface area (Å²) in [6.45, 7) is -1.82.